The van der Waals surface area contributed by atoms with E-state index in [4.69, 9.17) is 0 Å². The van der Waals surface area contributed by atoms with Gasteiger partial charge in [0.05, 0.1) is 17.4 Å². The summed E-state index contributed by atoms with van der Waals surface area (Å²) in [7, 11) is 0. The predicted octanol–water partition coefficient (Wildman–Crippen LogP) is 3.75. The lowest BCUT2D eigenvalue weighted by Gasteiger charge is -2.09. The number of carbonyl (C=O) groups is 1. The maximum atomic E-state index is 12.1. The highest BCUT2D eigenvalue weighted by atomic mass is 16.1. The summed E-state index contributed by atoms with van der Waals surface area (Å²) in [6.07, 6.45) is 2.86. The number of H-pyrrole nitrogens is 1. The first-order valence-corrected chi connectivity index (χ1v) is 7.41. The smallest absolute Gasteiger partial charge is 0.224 e. The van der Waals surface area contributed by atoms with E-state index in [0.29, 0.717) is 12.8 Å². The number of aromatic amines is 1. The van der Waals surface area contributed by atoms with Crippen molar-refractivity contribution in [3.05, 3.63) is 59.4 Å². The fourth-order valence-corrected chi connectivity index (χ4v) is 2.56. The van der Waals surface area contributed by atoms with E-state index < -0.39 is 0 Å². The Balaban J connectivity index is 1.62. The predicted molar refractivity (Wildman–Crippen MR) is 89.0 cm³/mol. The zero-order chi connectivity index (χ0) is 15.5. The van der Waals surface area contributed by atoms with Gasteiger partial charge in [-0.15, -0.1) is 0 Å². The van der Waals surface area contributed by atoms with Crippen LogP contribution in [-0.2, 0) is 11.2 Å². The molecular formula is C18H19N3O. The van der Waals surface area contributed by atoms with Gasteiger partial charge in [0, 0.05) is 12.1 Å². The van der Waals surface area contributed by atoms with Crippen molar-refractivity contribution in [1.82, 2.24) is 9.97 Å². The fraction of sp³-hybridized carbons (Fsp3) is 0.222. The van der Waals surface area contributed by atoms with Crippen LogP contribution in [0.1, 0.15) is 23.1 Å². The number of fused-ring (bicyclic) bond motifs is 1. The van der Waals surface area contributed by atoms with Crippen molar-refractivity contribution in [2.45, 2.75) is 26.7 Å². The molecule has 0 aliphatic rings. The molecule has 112 valence electrons. The summed E-state index contributed by atoms with van der Waals surface area (Å²) in [6.45, 7) is 4.05. The number of aromatic nitrogens is 2. The summed E-state index contributed by atoms with van der Waals surface area (Å²) >= 11 is 0. The Kier molecular flexibility index (Phi) is 3.92. The van der Waals surface area contributed by atoms with E-state index in [0.717, 1.165) is 27.8 Å². The second-order valence-corrected chi connectivity index (χ2v) is 5.62. The lowest BCUT2D eigenvalue weighted by molar-refractivity contribution is -0.116. The number of carbonyl (C=O) groups excluding carboxylic acids is 1. The Bertz CT molecular complexity index is 820. The minimum absolute atomic E-state index is 0.0386. The second-order valence-electron chi connectivity index (χ2n) is 5.62. The molecule has 2 N–H and O–H groups in total. The zero-order valence-corrected chi connectivity index (χ0v) is 12.8. The maximum Gasteiger partial charge on any atom is 0.224 e. The summed E-state index contributed by atoms with van der Waals surface area (Å²) in [4.78, 5) is 19.4. The minimum atomic E-state index is 0.0386. The molecule has 0 aliphatic heterocycles. The van der Waals surface area contributed by atoms with Gasteiger partial charge in [-0.2, -0.15) is 0 Å². The molecule has 1 aromatic heterocycles. The van der Waals surface area contributed by atoms with Crippen LogP contribution in [0.2, 0.25) is 0 Å². The van der Waals surface area contributed by atoms with Crippen molar-refractivity contribution in [2.24, 2.45) is 0 Å². The first-order chi connectivity index (χ1) is 10.6. The van der Waals surface area contributed by atoms with Crippen molar-refractivity contribution in [3.63, 3.8) is 0 Å². The lowest BCUT2D eigenvalue weighted by atomic mass is 10.1. The SMILES string of the molecule is Cc1ccc(NC(=O)CCc2ccc3nc[nH]c3c2)c(C)c1. The van der Waals surface area contributed by atoms with Gasteiger partial charge in [-0.1, -0.05) is 23.8 Å². The molecule has 1 amide bonds. The first kappa shape index (κ1) is 14.3. The molecule has 3 rings (SSSR count). The Morgan fingerprint density at radius 1 is 1.18 bits per heavy atom. The molecule has 2 aromatic carbocycles. The van der Waals surface area contributed by atoms with E-state index in [1.807, 2.05) is 44.2 Å². The number of amides is 1. The summed E-state index contributed by atoms with van der Waals surface area (Å²) in [5.74, 6) is 0.0386. The molecule has 0 fully saturated rings. The first-order valence-electron chi connectivity index (χ1n) is 7.41. The number of nitrogens with zero attached hydrogens (tertiary/aromatic N) is 1. The standard InChI is InChI=1S/C18H19N3O/c1-12-3-6-15(13(2)9-12)21-18(22)8-5-14-4-7-16-17(10-14)20-11-19-16/h3-4,6-7,9-11H,5,8H2,1-2H3,(H,19,20)(H,21,22). The second kappa shape index (κ2) is 6.02. The Labute approximate surface area is 129 Å². The molecule has 0 atom stereocenters. The Morgan fingerprint density at radius 2 is 2.05 bits per heavy atom. The summed E-state index contributed by atoms with van der Waals surface area (Å²) in [5.41, 5.74) is 6.26. The molecule has 0 unspecified atom stereocenters. The number of rotatable bonds is 4. The Morgan fingerprint density at radius 3 is 2.86 bits per heavy atom. The molecule has 0 spiro atoms. The van der Waals surface area contributed by atoms with Crippen LogP contribution in [0.25, 0.3) is 11.0 Å². The molecule has 0 bridgehead atoms. The van der Waals surface area contributed by atoms with Crippen LogP contribution in [-0.4, -0.2) is 15.9 Å². The molecule has 3 aromatic rings. The van der Waals surface area contributed by atoms with Gasteiger partial charge in [-0.3, -0.25) is 4.79 Å². The number of benzene rings is 2. The van der Waals surface area contributed by atoms with Gasteiger partial charge in [0.1, 0.15) is 0 Å². The van der Waals surface area contributed by atoms with E-state index in [2.05, 4.69) is 21.4 Å². The molecule has 0 aliphatic carbocycles. The van der Waals surface area contributed by atoms with E-state index in [-0.39, 0.29) is 5.91 Å². The Hall–Kier alpha value is -2.62. The average Bonchev–Trinajstić information content (AvgIpc) is 2.95. The number of imidazole rings is 1. The quantitative estimate of drug-likeness (QED) is 0.769. The van der Waals surface area contributed by atoms with Crippen molar-refractivity contribution in [3.8, 4) is 0 Å². The molecule has 4 heteroatoms. The average molecular weight is 293 g/mol. The van der Waals surface area contributed by atoms with Crippen LogP contribution in [0.5, 0.6) is 0 Å². The number of aryl methyl sites for hydroxylation is 3. The maximum absolute atomic E-state index is 12.1. The molecule has 0 radical (unpaired) electrons. The number of hydrogen-bond acceptors (Lipinski definition) is 2. The van der Waals surface area contributed by atoms with E-state index in [9.17, 15) is 4.79 Å². The molecular weight excluding hydrogens is 274 g/mol. The van der Waals surface area contributed by atoms with Gasteiger partial charge in [-0.25, -0.2) is 4.98 Å². The largest absolute Gasteiger partial charge is 0.345 e. The third-order valence-corrected chi connectivity index (χ3v) is 3.78. The summed E-state index contributed by atoms with van der Waals surface area (Å²) < 4.78 is 0. The highest BCUT2D eigenvalue weighted by molar-refractivity contribution is 5.91. The summed E-state index contributed by atoms with van der Waals surface area (Å²) in [6, 6.07) is 12.1. The highest BCUT2D eigenvalue weighted by Crippen LogP contribution is 2.17. The van der Waals surface area contributed by atoms with Crippen molar-refractivity contribution >= 4 is 22.6 Å². The third kappa shape index (κ3) is 3.17. The van der Waals surface area contributed by atoms with Crippen molar-refractivity contribution in [1.29, 1.82) is 0 Å². The van der Waals surface area contributed by atoms with Crippen LogP contribution in [0.4, 0.5) is 5.69 Å². The fourth-order valence-electron chi connectivity index (χ4n) is 2.56. The lowest BCUT2D eigenvalue weighted by Crippen LogP contribution is -2.13. The molecule has 0 saturated heterocycles. The van der Waals surface area contributed by atoms with Gasteiger partial charge in [0.15, 0.2) is 0 Å². The van der Waals surface area contributed by atoms with Crippen molar-refractivity contribution in [2.75, 3.05) is 5.32 Å². The minimum Gasteiger partial charge on any atom is -0.345 e. The number of nitrogens with one attached hydrogen (secondary N) is 2. The number of anilines is 1. The normalized spacial score (nSPS) is 10.8. The van der Waals surface area contributed by atoms with Gasteiger partial charge in [0.2, 0.25) is 5.91 Å². The van der Waals surface area contributed by atoms with Gasteiger partial charge >= 0.3 is 0 Å². The topological polar surface area (TPSA) is 57.8 Å². The molecule has 4 nitrogen and oxygen atoms in total. The van der Waals surface area contributed by atoms with Crippen LogP contribution >= 0.6 is 0 Å². The van der Waals surface area contributed by atoms with Gasteiger partial charge in [0.25, 0.3) is 0 Å². The van der Waals surface area contributed by atoms with Gasteiger partial charge < -0.3 is 10.3 Å². The third-order valence-electron chi connectivity index (χ3n) is 3.78. The van der Waals surface area contributed by atoms with Crippen LogP contribution in [0.3, 0.4) is 0 Å². The van der Waals surface area contributed by atoms with Crippen molar-refractivity contribution < 1.29 is 4.79 Å². The molecule has 1 heterocycles. The molecule has 22 heavy (non-hydrogen) atoms. The van der Waals surface area contributed by atoms with Crippen LogP contribution in [0, 0.1) is 13.8 Å². The highest BCUT2D eigenvalue weighted by Gasteiger charge is 2.06. The van der Waals surface area contributed by atoms with Gasteiger partial charge in [-0.05, 0) is 49.6 Å². The van der Waals surface area contributed by atoms with E-state index >= 15 is 0 Å². The monoisotopic (exact) mass is 293 g/mol. The van der Waals surface area contributed by atoms with Crippen LogP contribution in [0.15, 0.2) is 42.7 Å². The summed E-state index contributed by atoms with van der Waals surface area (Å²) in [5, 5.41) is 2.98. The van der Waals surface area contributed by atoms with E-state index in [1.54, 1.807) is 6.33 Å². The number of hydrogen-bond donors (Lipinski definition) is 2. The zero-order valence-electron chi connectivity index (χ0n) is 12.8. The van der Waals surface area contributed by atoms with Crippen LogP contribution < -0.4 is 5.32 Å². The molecule has 0 saturated carbocycles. The van der Waals surface area contributed by atoms with E-state index in [1.165, 1.54) is 5.56 Å².